The van der Waals surface area contributed by atoms with Crippen molar-refractivity contribution in [3.63, 3.8) is 0 Å². The number of rotatable bonds is 9. The number of ether oxygens (including phenoxy) is 1. The van der Waals surface area contributed by atoms with Gasteiger partial charge < -0.3 is 19.1 Å². The molecule has 8 aromatic rings. The molecule has 6 aromatic carbocycles. The monoisotopic (exact) mass is 1080 g/mol. The molecule has 0 bridgehead atoms. The fourth-order valence-corrected chi connectivity index (χ4v) is 9.88. The van der Waals surface area contributed by atoms with Crippen LogP contribution in [-0.2, 0) is 37.3 Å². The van der Waals surface area contributed by atoms with Crippen molar-refractivity contribution < 1.29 is 25.8 Å². The second-order valence-corrected chi connectivity index (χ2v) is 22.4. The van der Waals surface area contributed by atoms with Crippen molar-refractivity contribution in [1.82, 2.24) is 9.55 Å². The third-order valence-electron chi connectivity index (χ3n) is 13.6. The third-order valence-corrected chi connectivity index (χ3v) is 13.6. The van der Waals surface area contributed by atoms with Crippen molar-refractivity contribution in [1.29, 1.82) is 0 Å². The Labute approximate surface area is 420 Å². The first kappa shape index (κ1) is 48.6. The van der Waals surface area contributed by atoms with Gasteiger partial charge in [0.2, 0.25) is 0 Å². The molecule has 5 nitrogen and oxygen atoms in total. The van der Waals surface area contributed by atoms with Gasteiger partial charge in [-0.25, -0.2) is 4.98 Å². The van der Waals surface area contributed by atoms with Gasteiger partial charge in [-0.15, -0.1) is 48.3 Å². The van der Waals surface area contributed by atoms with Gasteiger partial charge in [-0.3, -0.25) is 0 Å². The normalized spacial score (nSPS) is 14.0. The predicted octanol–water partition coefficient (Wildman–Crippen LogP) is 16.3. The number of para-hydroxylation sites is 1. The summed E-state index contributed by atoms with van der Waals surface area (Å²) in [6.07, 6.45) is 1.94. The molecular formula is C62H65N4OPt-3. The molecule has 0 atom stereocenters. The van der Waals surface area contributed by atoms with Crippen LogP contribution >= 0.6 is 0 Å². The second kappa shape index (κ2) is 17.9. The molecule has 0 aliphatic carbocycles. The quantitative estimate of drug-likeness (QED) is 0.135. The topological polar surface area (TPSA) is 33.5 Å². The fraction of sp³-hybridized carbons (Fsp3) is 0.290. The SMILES string of the molecule is CC(C)(C)C1=C(C(C)(C)C)N(c2cccc(C(C)(C)C)c2)[CH-]N1c1[c-]c(Oc2[c-]c3c(c(C(C)(C)c4ccccc4)c2)c2ccccc2n3-c2cc(C(C)(C)c3ccccc3)ccn2)ccc1.[Pt]. The summed E-state index contributed by atoms with van der Waals surface area (Å²) in [5.41, 5.74) is 11.5. The number of anilines is 2. The Balaban J connectivity index is 0.00000625. The van der Waals surface area contributed by atoms with Gasteiger partial charge in [0.1, 0.15) is 5.82 Å². The van der Waals surface area contributed by atoms with Crippen LogP contribution in [0.4, 0.5) is 11.4 Å². The van der Waals surface area contributed by atoms with Crippen LogP contribution in [0.1, 0.15) is 118 Å². The average molecular weight is 1080 g/mol. The summed E-state index contributed by atoms with van der Waals surface area (Å²) in [5, 5.41) is 2.27. The molecule has 0 amide bonds. The van der Waals surface area contributed by atoms with Crippen molar-refractivity contribution in [2.45, 2.75) is 106 Å². The summed E-state index contributed by atoms with van der Waals surface area (Å²) in [5.74, 6) is 2.05. The van der Waals surface area contributed by atoms with Crippen LogP contribution in [0.3, 0.4) is 0 Å². The molecule has 1 aliphatic heterocycles. The molecule has 9 rings (SSSR count). The van der Waals surface area contributed by atoms with Gasteiger partial charge in [-0.1, -0.05) is 192 Å². The van der Waals surface area contributed by atoms with E-state index in [1.165, 1.54) is 33.6 Å². The predicted molar refractivity (Wildman–Crippen MR) is 280 cm³/mol. The van der Waals surface area contributed by atoms with Crippen LogP contribution in [0.15, 0.2) is 163 Å². The molecule has 68 heavy (non-hydrogen) atoms. The fourth-order valence-electron chi connectivity index (χ4n) is 9.88. The minimum absolute atomic E-state index is 0. The van der Waals surface area contributed by atoms with E-state index in [0.717, 1.165) is 44.6 Å². The van der Waals surface area contributed by atoms with Gasteiger partial charge in [-0.05, 0) is 68.8 Å². The van der Waals surface area contributed by atoms with Crippen LogP contribution in [-0.4, -0.2) is 9.55 Å². The molecule has 0 spiro atoms. The number of hydrogen-bond donors (Lipinski definition) is 0. The number of nitrogens with zero attached hydrogens (tertiary/aromatic N) is 4. The molecule has 1 aliphatic rings. The summed E-state index contributed by atoms with van der Waals surface area (Å²) in [6, 6.07) is 59.4. The maximum absolute atomic E-state index is 7.05. The van der Waals surface area contributed by atoms with Gasteiger partial charge >= 0.3 is 0 Å². The molecule has 0 radical (unpaired) electrons. The van der Waals surface area contributed by atoms with Crippen LogP contribution in [0.25, 0.3) is 27.6 Å². The van der Waals surface area contributed by atoms with Gasteiger partial charge in [0.15, 0.2) is 0 Å². The van der Waals surface area contributed by atoms with Crippen LogP contribution < -0.4 is 14.5 Å². The van der Waals surface area contributed by atoms with E-state index in [2.05, 4.69) is 263 Å². The minimum atomic E-state index is -0.411. The number of pyridine rings is 1. The van der Waals surface area contributed by atoms with Crippen LogP contribution in [0.5, 0.6) is 11.5 Å². The third kappa shape index (κ3) is 8.96. The zero-order valence-corrected chi connectivity index (χ0v) is 44.3. The Morgan fingerprint density at radius 1 is 0.500 bits per heavy atom. The van der Waals surface area contributed by atoms with Crippen LogP contribution in [0, 0.1) is 29.6 Å². The van der Waals surface area contributed by atoms with Gasteiger partial charge in [0.25, 0.3) is 0 Å². The summed E-state index contributed by atoms with van der Waals surface area (Å²) in [4.78, 5) is 9.79. The number of fused-ring (bicyclic) bond motifs is 3. The molecular weight excluding hydrogens is 1010 g/mol. The average Bonchev–Trinajstić information content (AvgIpc) is 3.88. The molecule has 0 saturated carbocycles. The molecule has 2 aromatic heterocycles. The zero-order valence-electron chi connectivity index (χ0n) is 42.0. The van der Waals surface area contributed by atoms with Crippen molar-refractivity contribution in [3.8, 4) is 17.3 Å². The van der Waals surface area contributed by atoms with E-state index in [4.69, 9.17) is 9.72 Å². The van der Waals surface area contributed by atoms with E-state index in [1.54, 1.807) is 0 Å². The van der Waals surface area contributed by atoms with E-state index >= 15 is 0 Å². The Kier molecular flexibility index (Phi) is 12.8. The first-order chi connectivity index (χ1) is 31.6. The molecule has 0 saturated heterocycles. The van der Waals surface area contributed by atoms with E-state index < -0.39 is 5.41 Å². The number of benzene rings is 6. The Bertz CT molecular complexity index is 3140. The molecule has 0 unspecified atom stereocenters. The standard InChI is InChI=1S/C62H65N4O.Pt/c1-58(2,3)44-28-22-29-46(36-44)64-41-65(57(60(7,8)9)56(64)59(4,5)6)47-30-23-31-48(38-47)67-49-39-51(62(12,13)43-26-18-15-19-27-43)55-50-32-20-21-33-52(50)66(53(55)40-49)54-37-45(34-35-63-54)61(10,11)42-24-16-14-17-25-42;/h14-37,39,41H,1-13H3;/q-3;. The number of allylic oxidation sites excluding steroid dienone is 2. The summed E-state index contributed by atoms with van der Waals surface area (Å²) >= 11 is 0. The largest absolute Gasteiger partial charge is 0.509 e. The molecule has 0 fully saturated rings. The van der Waals surface area contributed by atoms with E-state index in [9.17, 15) is 0 Å². The van der Waals surface area contributed by atoms with Crippen molar-refractivity contribution in [2.75, 3.05) is 9.80 Å². The minimum Gasteiger partial charge on any atom is -0.509 e. The smallest absolute Gasteiger partial charge is 0.135 e. The second-order valence-electron chi connectivity index (χ2n) is 22.4. The zero-order chi connectivity index (χ0) is 47.7. The summed E-state index contributed by atoms with van der Waals surface area (Å²) in [6.45, 7) is 32.1. The van der Waals surface area contributed by atoms with Crippen molar-refractivity contribution >= 4 is 33.2 Å². The van der Waals surface area contributed by atoms with Crippen LogP contribution in [0.2, 0.25) is 0 Å². The molecule has 6 heteroatoms. The first-order valence-electron chi connectivity index (χ1n) is 23.7. The van der Waals surface area contributed by atoms with Gasteiger partial charge in [-0.2, -0.15) is 6.07 Å². The van der Waals surface area contributed by atoms with Gasteiger partial charge in [0.05, 0.1) is 0 Å². The van der Waals surface area contributed by atoms with Crippen molar-refractivity contribution in [2.24, 2.45) is 10.8 Å². The molecule has 3 heterocycles. The Morgan fingerprint density at radius 3 is 1.74 bits per heavy atom. The maximum Gasteiger partial charge on any atom is 0.135 e. The maximum atomic E-state index is 7.05. The summed E-state index contributed by atoms with van der Waals surface area (Å²) < 4.78 is 9.31. The first-order valence-corrected chi connectivity index (χ1v) is 23.7. The van der Waals surface area contributed by atoms with E-state index in [1.807, 2.05) is 12.3 Å². The molecule has 0 N–H and O–H groups in total. The Morgan fingerprint density at radius 2 is 1.09 bits per heavy atom. The van der Waals surface area contributed by atoms with E-state index in [0.29, 0.717) is 11.5 Å². The van der Waals surface area contributed by atoms with Crippen molar-refractivity contribution in [3.05, 3.63) is 210 Å². The molecule has 352 valence electrons. The van der Waals surface area contributed by atoms with E-state index in [-0.39, 0.29) is 42.7 Å². The number of aromatic nitrogens is 2. The number of hydrogen-bond acceptors (Lipinski definition) is 4. The Hall–Kier alpha value is -5.90. The summed E-state index contributed by atoms with van der Waals surface area (Å²) in [7, 11) is 0. The van der Waals surface area contributed by atoms with Gasteiger partial charge in [0, 0.05) is 77.6 Å².